The second-order valence-corrected chi connectivity index (χ2v) is 6.88. The number of benzene rings is 3. The average Bonchev–Trinajstić information content (AvgIpc) is 3.30. The van der Waals surface area contributed by atoms with E-state index in [0.717, 1.165) is 10.9 Å². The number of carbonyl (C=O) groups is 1. The quantitative estimate of drug-likeness (QED) is 0.616. The second-order valence-electron chi connectivity index (χ2n) is 6.88. The predicted molar refractivity (Wildman–Crippen MR) is 109 cm³/mol. The van der Waals surface area contributed by atoms with E-state index in [2.05, 4.69) is 0 Å². The summed E-state index contributed by atoms with van der Waals surface area (Å²) in [5.41, 5.74) is 2.22. The summed E-state index contributed by atoms with van der Waals surface area (Å²) < 4.78 is 28.0. The van der Waals surface area contributed by atoms with Crippen LogP contribution in [0.25, 0.3) is 21.9 Å². The molecule has 0 fully saturated rings. The van der Waals surface area contributed by atoms with Gasteiger partial charge >= 0.3 is 5.97 Å². The fraction of sp³-hybridized carbons (Fsp3) is 0.261. The molecule has 0 aromatic heterocycles. The SMILES string of the molecule is CCOc1ccc(-c2c3c(CO)c(c4cc5c(cc24)OCO5)OC3=O)cc1OCC. The Bertz CT molecular complexity index is 1180. The van der Waals surface area contributed by atoms with Gasteiger partial charge in [0.05, 0.1) is 25.4 Å². The van der Waals surface area contributed by atoms with Gasteiger partial charge in [-0.05, 0) is 49.1 Å². The van der Waals surface area contributed by atoms with Crippen molar-refractivity contribution in [2.24, 2.45) is 0 Å². The molecule has 0 aliphatic carbocycles. The minimum atomic E-state index is -0.492. The highest BCUT2D eigenvalue weighted by atomic mass is 16.7. The molecule has 0 unspecified atom stereocenters. The van der Waals surface area contributed by atoms with Gasteiger partial charge in [-0.25, -0.2) is 4.79 Å². The summed E-state index contributed by atoms with van der Waals surface area (Å²) >= 11 is 0. The molecule has 3 aromatic rings. The van der Waals surface area contributed by atoms with E-state index >= 15 is 0 Å². The van der Waals surface area contributed by atoms with Crippen molar-refractivity contribution in [1.82, 2.24) is 0 Å². The third-order valence-electron chi connectivity index (χ3n) is 5.24. The zero-order valence-corrected chi connectivity index (χ0v) is 16.6. The molecule has 7 heteroatoms. The number of carbonyl (C=O) groups excluding carboxylic acids is 1. The van der Waals surface area contributed by atoms with Gasteiger partial charge in [0.25, 0.3) is 0 Å². The van der Waals surface area contributed by atoms with E-state index in [-0.39, 0.29) is 13.4 Å². The van der Waals surface area contributed by atoms with E-state index in [0.29, 0.717) is 64.0 Å². The lowest BCUT2D eigenvalue weighted by Gasteiger charge is -2.15. The van der Waals surface area contributed by atoms with Gasteiger partial charge in [-0.15, -0.1) is 0 Å². The fourth-order valence-electron chi connectivity index (χ4n) is 4.04. The van der Waals surface area contributed by atoms with Crippen molar-refractivity contribution >= 4 is 16.7 Å². The normalized spacial score (nSPS) is 13.6. The van der Waals surface area contributed by atoms with E-state index in [1.807, 2.05) is 38.1 Å². The molecule has 0 saturated heterocycles. The summed E-state index contributed by atoms with van der Waals surface area (Å²) in [6.45, 7) is 4.60. The van der Waals surface area contributed by atoms with Crippen LogP contribution in [0.4, 0.5) is 0 Å². The van der Waals surface area contributed by atoms with E-state index < -0.39 is 5.97 Å². The minimum absolute atomic E-state index is 0.132. The Kier molecular flexibility index (Phi) is 4.40. The van der Waals surface area contributed by atoms with Gasteiger partial charge in [-0.1, -0.05) is 6.07 Å². The first-order valence-corrected chi connectivity index (χ1v) is 9.81. The maximum Gasteiger partial charge on any atom is 0.344 e. The molecule has 5 rings (SSSR count). The molecule has 2 bridgehead atoms. The van der Waals surface area contributed by atoms with E-state index in [9.17, 15) is 9.90 Å². The maximum atomic E-state index is 12.8. The zero-order chi connectivity index (χ0) is 20.8. The van der Waals surface area contributed by atoms with Gasteiger partial charge in [0.2, 0.25) is 6.79 Å². The van der Waals surface area contributed by atoms with E-state index in [4.69, 9.17) is 23.7 Å². The van der Waals surface area contributed by atoms with Crippen LogP contribution in [0.15, 0.2) is 30.3 Å². The molecule has 0 radical (unpaired) electrons. The lowest BCUT2D eigenvalue weighted by atomic mass is 9.90. The van der Waals surface area contributed by atoms with Crippen LogP contribution in [-0.4, -0.2) is 31.1 Å². The highest BCUT2D eigenvalue weighted by Gasteiger charge is 2.35. The van der Waals surface area contributed by atoms with Crippen LogP contribution in [-0.2, 0) is 6.61 Å². The topological polar surface area (TPSA) is 83.5 Å². The molecular formula is C23H20O7. The number of aliphatic hydroxyl groups excluding tert-OH is 1. The van der Waals surface area contributed by atoms with E-state index in [1.165, 1.54) is 0 Å². The van der Waals surface area contributed by atoms with Gasteiger partial charge in [0.15, 0.2) is 23.0 Å². The Labute approximate surface area is 172 Å². The van der Waals surface area contributed by atoms with Crippen LogP contribution in [0.5, 0.6) is 28.7 Å². The predicted octanol–water partition coefficient (Wildman–Crippen LogP) is 4.06. The Hall–Kier alpha value is -3.45. The first-order chi connectivity index (χ1) is 14.7. The molecule has 7 nitrogen and oxygen atoms in total. The van der Waals surface area contributed by atoms with Crippen LogP contribution in [0, 0.1) is 0 Å². The molecule has 2 aliphatic heterocycles. The molecule has 3 aromatic carbocycles. The summed E-state index contributed by atoms with van der Waals surface area (Å²) in [6.07, 6.45) is 0. The van der Waals surface area contributed by atoms with Crippen LogP contribution in [0.1, 0.15) is 29.8 Å². The first-order valence-electron chi connectivity index (χ1n) is 9.81. The number of aliphatic hydroxyl groups is 1. The number of fused-ring (bicyclic) bond motifs is 5. The Morgan fingerprint density at radius 2 is 1.63 bits per heavy atom. The van der Waals surface area contributed by atoms with Crippen molar-refractivity contribution in [3.63, 3.8) is 0 Å². The Morgan fingerprint density at radius 1 is 0.933 bits per heavy atom. The van der Waals surface area contributed by atoms with Gasteiger partial charge in [0, 0.05) is 16.5 Å². The van der Waals surface area contributed by atoms with E-state index in [1.54, 1.807) is 6.07 Å². The van der Waals surface area contributed by atoms with Crippen LogP contribution >= 0.6 is 0 Å². The van der Waals surface area contributed by atoms with Gasteiger partial charge < -0.3 is 28.8 Å². The highest BCUT2D eigenvalue weighted by Crippen LogP contribution is 2.50. The number of ether oxygens (including phenoxy) is 5. The average molecular weight is 408 g/mol. The van der Waals surface area contributed by atoms with Gasteiger partial charge in [-0.2, -0.15) is 0 Å². The van der Waals surface area contributed by atoms with Crippen LogP contribution in [0.2, 0.25) is 0 Å². The molecule has 2 aliphatic rings. The third-order valence-corrected chi connectivity index (χ3v) is 5.24. The van der Waals surface area contributed by atoms with Crippen molar-refractivity contribution in [2.45, 2.75) is 20.5 Å². The summed E-state index contributed by atoms with van der Waals surface area (Å²) in [7, 11) is 0. The van der Waals surface area contributed by atoms with Gasteiger partial charge in [-0.3, -0.25) is 0 Å². The van der Waals surface area contributed by atoms with Crippen LogP contribution < -0.4 is 23.7 Å². The van der Waals surface area contributed by atoms with Crippen molar-refractivity contribution in [3.05, 3.63) is 41.5 Å². The van der Waals surface area contributed by atoms with Gasteiger partial charge in [0.1, 0.15) is 5.75 Å². The van der Waals surface area contributed by atoms with Crippen LogP contribution in [0.3, 0.4) is 0 Å². The molecular weight excluding hydrogens is 388 g/mol. The first kappa shape index (κ1) is 18.6. The molecule has 2 heterocycles. The molecule has 30 heavy (non-hydrogen) atoms. The molecule has 1 N–H and O–H groups in total. The lowest BCUT2D eigenvalue weighted by Crippen LogP contribution is -2.03. The number of esters is 1. The molecule has 0 spiro atoms. The summed E-state index contributed by atoms with van der Waals surface area (Å²) in [6, 6.07) is 9.17. The number of rotatable bonds is 6. The molecule has 0 amide bonds. The fourth-order valence-corrected chi connectivity index (χ4v) is 4.04. The largest absolute Gasteiger partial charge is 0.490 e. The summed E-state index contributed by atoms with van der Waals surface area (Å²) in [5, 5.41) is 11.5. The van der Waals surface area contributed by atoms with Crippen molar-refractivity contribution in [3.8, 4) is 39.9 Å². The van der Waals surface area contributed by atoms with Crippen molar-refractivity contribution < 1.29 is 33.6 Å². The monoisotopic (exact) mass is 408 g/mol. The minimum Gasteiger partial charge on any atom is -0.490 e. The molecule has 0 atom stereocenters. The Morgan fingerprint density at radius 3 is 2.33 bits per heavy atom. The number of hydrogen-bond acceptors (Lipinski definition) is 7. The molecule has 0 saturated carbocycles. The smallest absolute Gasteiger partial charge is 0.344 e. The summed E-state index contributed by atoms with van der Waals surface area (Å²) in [5.74, 6) is 2.26. The maximum absolute atomic E-state index is 12.8. The Balaban J connectivity index is 1.82. The third kappa shape index (κ3) is 2.66. The lowest BCUT2D eigenvalue weighted by molar-refractivity contribution is 0.0757. The molecule has 154 valence electrons. The van der Waals surface area contributed by atoms with Crippen molar-refractivity contribution in [1.29, 1.82) is 0 Å². The highest BCUT2D eigenvalue weighted by molar-refractivity contribution is 6.17. The van der Waals surface area contributed by atoms with Crippen molar-refractivity contribution in [2.75, 3.05) is 20.0 Å². The second kappa shape index (κ2) is 7.11. The standard InChI is InChI=1S/C23H20O7/c1-3-26-16-6-5-12(7-17(16)27-4-2)20-13-8-18-19(29-11-28-18)9-14(13)22-15(10-24)21(20)23(25)30-22/h5-9,24H,3-4,10-11H2,1-2H3. The summed E-state index contributed by atoms with van der Waals surface area (Å²) in [4.78, 5) is 12.8. The number of hydrogen-bond donors (Lipinski definition) is 1. The zero-order valence-electron chi connectivity index (χ0n) is 16.6.